The number of rotatable bonds is 4. The number of carboxylic acids is 2. The van der Waals surface area contributed by atoms with Crippen molar-refractivity contribution in [3.05, 3.63) is 69.8 Å². The fourth-order valence-corrected chi connectivity index (χ4v) is 2.87. The highest BCUT2D eigenvalue weighted by Gasteiger charge is 2.31. The summed E-state index contributed by atoms with van der Waals surface area (Å²) < 4.78 is 0. The number of hydrogen-bond acceptors (Lipinski definition) is 2. The van der Waals surface area contributed by atoms with Crippen LogP contribution >= 0.6 is 0 Å². The van der Waals surface area contributed by atoms with E-state index in [-0.39, 0.29) is 11.1 Å². The Labute approximate surface area is 135 Å². The molecule has 23 heavy (non-hydrogen) atoms. The summed E-state index contributed by atoms with van der Waals surface area (Å²) in [5, 5.41) is 19.0. The highest BCUT2D eigenvalue weighted by molar-refractivity contribution is 5.92. The summed E-state index contributed by atoms with van der Waals surface area (Å²) in [7, 11) is 0. The smallest absolute Gasteiger partial charge is 0.335 e. The predicted molar refractivity (Wildman–Crippen MR) is 88.4 cm³/mol. The van der Waals surface area contributed by atoms with Gasteiger partial charge in [0.2, 0.25) is 0 Å². The van der Waals surface area contributed by atoms with E-state index >= 15 is 0 Å². The number of benzene rings is 2. The Hall–Kier alpha value is -2.62. The van der Waals surface area contributed by atoms with Gasteiger partial charge in [-0.25, -0.2) is 9.59 Å². The largest absolute Gasteiger partial charge is 0.478 e. The van der Waals surface area contributed by atoms with Crippen LogP contribution in [-0.4, -0.2) is 22.2 Å². The lowest BCUT2D eigenvalue weighted by atomic mass is 9.73. The predicted octanol–water partition coefficient (Wildman–Crippen LogP) is 4.03. The highest BCUT2D eigenvalue weighted by atomic mass is 16.4. The summed E-state index contributed by atoms with van der Waals surface area (Å²) in [6, 6.07) is 10.3. The molecule has 0 fully saturated rings. The van der Waals surface area contributed by atoms with Crippen molar-refractivity contribution < 1.29 is 19.8 Å². The Bertz CT molecular complexity index is 722. The summed E-state index contributed by atoms with van der Waals surface area (Å²) in [6.07, 6.45) is 0. The van der Waals surface area contributed by atoms with Gasteiger partial charge in [0.15, 0.2) is 0 Å². The van der Waals surface area contributed by atoms with Gasteiger partial charge < -0.3 is 10.2 Å². The van der Waals surface area contributed by atoms with Gasteiger partial charge in [0, 0.05) is 5.41 Å². The van der Waals surface area contributed by atoms with Crippen molar-refractivity contribution in [2.45, 2.75) is 33.1 Å². The van der Waals surface area contributed by atoms with Crippen LogP contribution in [0.25, 0.3) is 0 Å². The van der Waals surface area contributed by atoms with Gasteiger partial charge in [0.25, 0.3) is 0 Å². The Kier molecular flexibility index (Phi) is 4.28. The number of carbonyl (C=O) groups is 2. The van der Waals surface area contributed by atoms with E-state index < -0.39 is 17.4 Å². The van der Waals surface area contributed by atoms with E-state index in [1.54, 1.807) is 24.3 Å². The van der Waals surface area contributed by atoms with E-state index in [9.17, 15) is 19.8 Å². The van der Waals surface area contributed by atoms with E-state index in [2.05, 4.69) is 0 Å². The SMILES string of the molecule is Cc1ccc(C(=O)O)c(C(C)(C)c2cc(C)ccc2C(=O)O)c1. The minimum Gasteiger partial charge on any atom is -0.478 e. The van der Waals surface area contributed by atoms with Crippen molar-refractivity contribution in [2.75, 3.05) is 0 Å². The van der Waals surface area contributed by atoms with Gasteiger partial charge in [0.1, 0.15) is 0 Å². The molecule has 0 amide bonds. The molecule has 2 aromatic rings. The number of aromatic carboxylic acids is 2. The van der Waals surface area contributed by atoms with Crippen LogP contribution in [0.5, 0.6) is 0 Å². The van der Waals surface area contributed by atoms with Crippen LogP contribution in [0.4, 0.5) is 0 Å². The Morgan fingerprint density at radius 3 is 1.43 bits per heavy atom. The van der Waals surface area contributed by atoms with Crippen LogP contribution in [0.3, 0.4) is 0 Å². The molecule has 4 nitrogen and oxygen atoms in total. The van der Waals surface area contributed by atoms with E-state index in [4.69, 9.17) is 0 Å². The van der Waals surface area contributed by atoms with Gasteiger partial charge in [-0.2, -0.15) is 0 Å². The van der Waals surface area contributed by atoms with Gasteiger partial charge in [0.05, 0.1) is 11.1 Å². The minimum atomic E-state index is -1.02. The normalized spacial score (nSPS) is 11.3. The summed E-state index contributed by atoms with van der Waals surface area (Å²) in [5.41, 5.74) is 2.72. The van der Waals surface area contributed by atoms with Crippen molar-refractivity contribution in [2.24, 2.45) is 0 Å². The average Bonchev–Trinajstić information content (AvgIpc) is 2.46. The van der Waals surface area contributed by atoms with Crippen LogP contribution in [-0.2, 0) is 5.41 Å². The van der Waals surface area contributed by atoms with E-state index in [1.807, 2.05) is 39.8 Å². The quantitative estimate of drug-likeness (QED) is 0.894. The minimum absolute atomic E-state index is 0.193. The molecule has 2 aromatic carbocycles. The molecular weight excluding hydrogens is 292 g/mol. The molecule has 0 heterocycles. The average molecular weight is 312 g/mol. The molecule has 2 N–H and O–H groups in total. The second-order valence-electron chi connectivity index (χ2n) is 6.33. The van der Waals surface area contributed by atoms with Gasteiger partial charge in [-0.1, -0.05) is 49.2 Å². The molecule has 0 aliphatic carbocycles. The first kappa shape index (κ1) is 16.7. The van der Waals surface area contributed by atoms with Gasteiger partial charge in [-0.05, 0) is 37.1 Å². The number of carboxylic acid groups (broad SMARTS) is 2. The third-order valence-electron chi connectivity index (χ3n) is 4.16. The molecule has 0 spiro atoms. The summed E-state index contributed by atoms with van der Waals surface area (Å²) in [5.74, 6) is -2.03. The van der Waals surface area contributed by atoms with Crippen LogP contribution in [0, 0.1) is 13.8 Å². The van der Waals surface area contributed by atoms with Crippen molar-refractivity contribution in [1.29, 1.82) is 0 Å². The first-order valence-electron chi connectivity index (χ1n) is 7.33. The monoisotopic (exact) mass is 312 g/mol. The maximum absolute atomic E-state index is 11.6. The molecule has 0 atom stereocenters. The lowest BCUT2D eigenvalue weighted by molar-refractivity contribution is 0.0686. The maximum Gasteiger partial charge on any atom is 0.335 e. The lowest BCUT2D eigenvalue weighted by Gasteiger charge is -2.29. The van der Waals surface area contributed by atoms with Crippen LogP contribution < -0.4 is 0 Å². The summed E-state index contributed by atoms with van der Waals surface area (Å²) >= 11 is 0. The number of aryl methyl sites for hydroxylation is 2. The molecule has 0 aliphatic rings. The molecule has 4 heteroatoms. The third-order valence-corrected chi connectivity index (χ3v) is 4.16. The third kappa shape index (κ3) is 3.11. The van der Waals surface area contributed by atoms with Crippen LogP contribution in [0.2, 0.25) is 0 Å². The van der Waals surface area contributed by atoms with Gasteiger partial charge in [-0.3, -0.25) is 0 Å². The van der Waals surface area contributed by atoms with Crippen molar-refractivity contribution in [3.8, 4) is 0 Å². The zero-order valence-electron chi connectivity index (χ0n) is 13.7. The van der Waals surface area contributed by atoms with E-state index in [0.717, 1.165) is 11.1 Å². The molecule has 2 rings (SSSR count). The first-order valence-corrected chi connectivity index (χ1v) is 7.33. The fraction of sp³-hybridized carbons (Fsp3) is 0.263. The lowest BCUT2D eigenvalue weighted by Crippen LogP contribution is -2.25. The van der Waals surface area contributed by atoms with Crippen molar-refractivity contribution >= 4 is 11.9 Å². The molecule has 0 aliphatic heterocycles. The molecule has 0 aromatic heterocycles. The first-order chi connectivity index (χ1) is 10.6. The van der Waals surface area contributed by atoms with Gasteiger partial charge in [-0.15, -0.1) is 0 Å². The summed E-state index contributed by atoms with van der Waals surface area (Å²) in [4.78, 5) is 23.2. The highest BCUT2D eigenvalue weighted by Crippen LogP contribution is 2.36. The second-order valence-corrected chi connectivity index (χ2v) is 6.33. The molecule has 0 radical (unpaired) electrons. The summed E-state index contributed by atoms with van der Waals surface area (Å²) in [6.45, 7) is 7.49. The van der Waals surface area contributed by atoms with Crippen molar-refractivity contribution in [1.82, 2.24) is 0 Å². The van der Waals surface area contributed by atoms with Crippen LogP contribution in [0.15, 0.2) is 36.4 Å². The molecule has 120 valence electrons. The second kappa shape index (κ2) is 5.88. The van der Waals surface area contributed by atoms with E-state index in [1.165, 1.54) is 0 Å². The Morgan fingerprint density at radius 2 is 1.13 bits per heavy atom. The maximum atomic E-state index is 11.6. The molecule has 0 saturated carbocycles. The molecule has 0 saturated heterocycles. The number of hydrogen-bond donors (Lipinski definition) is 2. The van der Waals surface area contributed by atoms with Gasteiger partial charge >= 0.3 is 11.9 Å². The molecule has 0 bridgehead atoms. The van der Waals surface area contributed by atoms with Crippen LogP contribution in [0.1, 0.15) is 56.8 Å². The fourth-order valence-electron chi connectivity index (χ4n) is 2.87. The topological polar surface area (TPSA) is 74.6 Å². The van der Waals surface area contributed by atoms with Crippen molar-refractivity contribution in [3.63, 3.8) is 0 Å². The molecular formula is C19H20O4. The zero-order valence-corrected chi connectivity index (χ0v) is 13.7. The molecule has 0 unspecified atom stereocenters. The van der Waals surface area contributed by atoms with E-state index in [0.29, 0.717) is 11.1 Å². The Balaban J connectivity index is 2.78. The standard InChI is InChI=1S/C19H20O4/c1-11-5-7-13(17(20)21)15(9-11)19(3,4)16-10-12(2)6-8-14(16)18(22)23/h5-10H,1-4H3,(H,20,21)(H,22,23). The Morgan fingerprint density at radius 1 is 0.783 bits per heavy atom. The zero-order chi connectivity index (χ0) is 17.4.